The fraction of sp³-hybridized carbons (Fsp3) is 0.357. The Morgan fingerprint density at radius 3 is 2.43 bits per heavy atom. The summed E-state index contributed by atoms with van der Waals surface area (Å²) in [5.41, 5.74) is -0.00378. The van der Waals surface area contributed by atoms with Gasteiger partial charge in [0.25, 0.3) is 5.56 Å². The van der Waals surface area contributed by atoms with Crippen LogP contribution in [0, 0.1) is 18.3 Å². The lowest BCUT2D eigenvalue weighted by Crippen LogP contribution is -2.28. The Bertz CT molecular complexity index is 1260. The third-order valence-electron chi connectivity index (χ3n) is 5.77. The van der Waals surface area contributed by atoms with Gasteiger partial charge in [-0.15, -0.1) is 0 Å². The van der Waals surface area contributed by atoms with Gasteiger partial charge in [-0.3, -0.25) is 4.79 Å². The number of aromatic nitrogens is 1. The van der Waals surface area contributed by atoms with Crippen LogP contribution in [-0.4, -0.2) is 11.2 Å². The molecular weight excluding hydrogens is 453 g/mol. The minimum Gasteiger partial charge on any atom is -0.377 e. The lowest BCUT2D eigenvalue weighted by molar-refractivity contribution is -0.137. The summed E-state index contributed by atoms with van der Waals surface area (Å²) < 4.78 is 48.1. The van der Waals surface area contributed by atoms with Crippen LogP contribution in [0.3, 0.4) is 0 Å². The summed E-state index contributed by atoms with van der Waals surface area (Å²) in [6.07, 6.45) is -0.379. The van der Waals surface area contributed by atoms with Gasteiger partial charge < -0.3 is 9.30 Å². The van der Waals surface area contributed by atoms with Crippen LogP contribution in [-0.2, 0) is 24.1 Å². The molecule has 0 fully saturated rings. The molecule has 0 saturated carbocycles. The first-order chi connectivity index (χ1) is 16.7. The van der Waals surface area contributed by atoms with Crippen molar-refractivity contribution in [1.29, 1.82) is 5.26 Å². The molecule has 0 saturated heterocycles. The summed E-state index contributed by atoms with van der Waals surface area (Å²) in [7, 11) is 0. The van der Waals surface area contributed by atoms with Crippen molar-refractivity contribution in [2.75, 3.05) is 6.61 Å². The molecule has 184 valence electrons. The quantitative estimate of drug-likeness (QED) is 0.297. The van der Waals surface area contributed by atoms with Gasteiger partial charge in [0, 0.05) is 6.61 Å². The van der Waals surface area contributed by atoms with E-state index in [0.717, 1.165) is 42.0 Å². The van der Waals surface area contributed by atoms with Crippen LogP contribution in [0.4, 0.5) is 13.2 Å². The van der Waals surface area contributed by atoms with Gasteiger partial charge in [-0.25, -0.2) is 0 Å². The molecule has 0 N–H and O–H groups in total. The molecule has 3 aromatic rings. The number of alkyl halides is 3. The van der Waals surface area contributed by atoms with E-state index in [9.17, 15) is 23.2 Å². The van der Waals surface area contributed by atoms with Crippen LogP contribution < -0.4 is 5.56 Å². The Morgan fingerprint density at radius 1 is 1.00 bits per heavy atom. The number of aryl methyl sites for hydroxylation is 1. The lowest BCUT2D eigenvalue weighted by atomic mass is 10.0. The maximum absolute atomic E-state index is 13.7. The minimum atomic E-state index is -4.82. The van der Waals surface area contributed by atoms with Crippen molar-refractivity contribution in [3.8, 4) is 17.3 Å². The van der Waals surface area contributed by atoms with E-state index in [-0.39, 0.29) is 12.2 Å². The van der Waals surface area contributed by atoms with E-state index in [1.807, 2.05) is 31.2 Å². The van der Waals surface area contributed by atoms with Crippen molar-refractivity contribution in [3.63, 3.8) is 0 Å². The van der Waals surface area contributed by atoms with Crippen LogP contribution in [0.5, 0.6) is 0 Å². The predicted molar refractivity (Wildman–Crippen MR) is 130 cm³/mol. The highest BCUT2D eigenvalue weighted by molar-refractivity contribution is 5.63. The molecule has 3 rings (SSSR count). The first-order valence-corrected chi connectivity index (χ1v) is 11.7. The number of rotatable bonds is 10. The first-order valence-electron chi connectivity index (χ1n) is 11.7. The SMILES string of the molecule is CCCCCCOCc1cccc(Cn2c(-c3cccc(C)c3)cc(C(F)(F)F)c(C#N)c2=O)c1. The normalized spacial score (nSPS) is 11.4. The smallest absolute Gasteiger partial charge is 0.377 e. The van der Waals surface area contributed by atoms with E-state index in [0.29, 0.717) is 18.8 Å². The number of hydrogen-bond donors (Lipinski definition) is 0. The van der Waals surface area contributed by atoms with Crippen molar-refractivity contribution in [1.82, 2.24) is 4.57 Å². The number of nitrogens with zero attached hydrogens (tertiary/aromatic N) is 2. The Balaban J connectivity index is 1.97. The Kier molecular flexibility index (Phi) is 8.89. The van der Waals surface area contributed by atoms with Gasteiger partial charge >= 0.3 is 6.18 Å². The van der Waals surface area contributed by atoms with E-state index in [2.05, 4.69) is 6.92 Å². The third kappa shape index (κ3) is 6.83. The summed E-state index contributed by atoms with van der Waals surface area (Å²) in [5, 5.41) is 9.40. The first kappa shape index (κ1) is 26.2. The second-order valence-corrected chi connectivity index (χ2v) is 8.62. The predicted octanol–water partition coefficient (Wildman–Crippen LogP) is 6.86. The molecule has 35 heavy (non-hydrogen) atoms. The lowest BCUT2D eigenvalue weighted by Gasteiger charge is -2.18. The molecule has 0 aliphatic rings. The standard InChI is InChI=1S/C28H29F3N2O2/c1-3-4-5-6-13-35-19-22-11-8-10-21(15-22)18-33-26(23-12-7-9-20(2)14-23)16-25(28(29,30)31)24(17-32)27(33)34/h7-12,14-16H,3-6,13,18-19H2,1-2H3. The number of hydrogen-bond acceptors (Lipinski definition) is 3. The Hall–Kier alpha value is -3.37. The molecule has 0 atom stereocenters. The van der Waals surface area contributed by atoms with Gasteiger partial charge in [-0.05, 0) is 42.2 Å². The van der Waals surface area contributed by atoms with Gasteiger partial charge in [0.15, 0.2) is 0 Å². The molecule has 0 unspecified atom stereocenters. The number of pyridine rings is 1. The van der Waals surface area contributed by atoms with Crippen LogP contribution in [0.15, 0.2) is 59.4 Å². The molecule has 1 heterocycles. The number of halogens is 3. The second-order valence-electron chi connectivity index (χ2n) is 8.62. The number of nitriles is 1. The van der Waals surface area contributed by atoms with E-state index in [1.165, 1.54) is 17.1 Å². The van der Waals surface area contributed by atoms with Gasteiger partial charge in [0.1, 0.15) is 11.6 Å². The van der Waals surface area contributed by atoms with Crippen molar-refractivity contribution in [3.05, 3.63) is 92.8 Å². The summed E-state index contributed by atoms with van der Waals surface area (Å²) in [5.74, 6) is 0. The average Bonchev–Trinajstić information content (AvgIpc) is 2.82. The Morgan fingerprint density at radius 2 is 1.74 bits per heavy atom. The average molecular weight is 483 g/mol. The van der Waals surface area contributed by atoms with Crippen molar-refractivity contribution < 1.29 is 17.9 Å². The summed E-state index contributed by atoms with van der Waals surface area (Å²) >= 11 is 0. The van der Waals surface area contributed by atoms with E-state index >= 15 is 0 Å². The molecule has 2 aromatic carbocycles. The highest BCUT2D eigenvalue weighted by atomic mass is 19.4. The minimum absolute atomic E-state index is 0.0270. The monoisotopic (exact) mass is 482 g/mol. The maximum Gasteiger partial charge on any atom is 0.417 e. The molecule has 0 radical (unpaired) electrons. The molecule has 0 bridgehead atoms. The second kappa shape index (κ2) is 11.9. The fourth-order valence-electron chi connectivity index (χ4n) is 4.00. The van der Waals surface area contributed by atoms with Crippen molar-refractivity contribution in [2.45, 2.75) is 58.9 Å². The zero-order valence-corrected chi connectivity index (χ0v) is 20.0. The van der Waals surface area contributed by atoms with Crippen LogP contribution >= 0.6 is 0 Å². The highest BCUT2D eigenvalue weighted by Crippen LogP contribution is 2.34. The van der Waals surface area contributed by atoms with Crippen LogP contribution in [0.1, 0.15) is 60.4 Å². The molecule has 7 heteroatoms. The topological polar surface area (TPSA) is 55.0 Å². The third-order valence-corrected chi connectivity index (χ3v) is 5.77. The zero-order valence-electron chi connectivity index (χ0n) is 20.0. The Labute approximate surface area is 203 Å². The van der Waals surface area contributed by atoms with Crippen LogP contribution in [0.25, 0.3) is 11.3 Å². The van der Waals surface area contributed by atoms with E-state index < -0.39 is 22.9 Å². The van der Waals surface area contributed by atoms with Gasteiger partial charge in [0.2, 0.25) is 0 Å². The van der Waals surface area contributed by atoms with E-state index in [4.69, 9.17) is 4.74 Å². The van der Waals surface area contributed by atoms with E-state index in [1.54, 1.807) is 24.3 Å². The van der Waals surface area contributed by atoms with Gasteiger partial charge in [0.05, 0.1) is 24.4 Å². The van der Waals surface area contributed by atoms with Crippen molar-refractivity contribution in [2.24, 2.45) is 0 Å². The zero-order chi connectivity index (χ0) is 25.4. The molecule has 0 aliphatic heterocycles. The summed E-state index contributed by atoms with van der Waals surface area (Å²) in [6.45, 7) is 5.07. The molecule has 1 aromatic heterocycles. The van der Waals surface area contributed by atoms with Gasteiger partial charge in [-0.1, -0.05) is 74.2 Å². The number of ether oxygens (including phenoxy) is 1. The molecule has 0 aliphatic carbocycles. The molecule has 0 amide bonds. The van der Waals surface area contributed by atoms with Crippen LogP contribution in [0.2, 0.25) is 0 Å². The van der Waals surface area contributed by atoms with Crippen molar-refractivity contribution >= 4 is 0 Å². The fourth-order valence-corrected chi connectivity index (χ4v) is 4.00. The highest BCUT2D eigenvalue weighted by Gasteiger charge is 2.36. The number of unbranched alkanes of at least 4 members (excludes halogenated alkanes) is 3. The molecular formula is C28H29F3N2O2. The molecule has 4 nitrogen and oxygen atoms in total. The maximum atomic E-state index is 13.7. The summed E-state index contributed by atoms with van der Waals surface area (Å²) in [4.78, 5) is 13.1. The number of benzene rings is 2. The summed E-state index contributed by atoms with van der Waals surface area (Å²) in [6, 6.07) is 16.7. The molecule has 0 spiro atoms. The van der Waals surface area contributed by atoms with Gasteiger partial charge in [-0.2, -0.15) is 18.4 Å². The largest absolute Gasteiger partial charge is 0.417 e.